The van der Waals surface area contributed by atoms with E-state index in [-0.39, 0.29) is 16.4 Å². The minimum Gasteiger partial charge on any atom is -0.494 e. The topological polar surface area (TPSA) is 81.5 Å². The first-order valence-electron chi connectivity index (χ1n) is 12.4. The van der Waals surface area contributed by atoms with Gasteiger partial charge in [0.25, 0.3) is 0 Å². The highest BCUT2D eigenvalue weighted by molar-refractivity contribution is 7.99. The molecule has 0 spiro atoms. The maximum Gasteiger partial charge on any atom is 0.243 e. The Morgan fingerprint density at radius 2 is 1.65 bits per heavy atom. The average molecular weight is 536 g/mol. The Morgan fingerprint density at radius 1 is 0.946 bits per heavy atom. The summed E-state index contributed by atoms with van der Waals surface area (Å²) in [5.41, 5.74) is 3.21. The monoisotopic (exact) mass is 535 g/mol. The lowest BCUT2D eigenvalue weighted by molar-refractivity contribution is 0.102. The van der Waals surface area contributed by atoms with Crippen LogP contribution in [0.5, 0.6) is 5.75 Å². The molecule has 37 heavy (non-hydrogen) atoms. The highest BCUT2D eigenvalue weighted by Gasteiger charge is 2.26. The number of para-hydroxylation sites is 2. The molecule has 0 radical (unpaired) electrons. The van der Waals surface area contributed by atoms with E-state index in [2.05, 4.69) is 0 Å². The molecule has 1 saturated heterocycles. The van der Waals surface area contributed by atoms with E-state index in [1.165, 1.54) is 28.2 Å². The Hall–Kier alpha value is -3.14. The number of hydrogen-bond acceptors (Lipinski definition) is 6. The van der Waals surface area contributed by atoms with Gasteiger partial charge in [-0.05, 0) is 68.3 Å². The largest absolute Gasteiger partial charge is 0.494 e. The van der Waals surface area contributed by atoms with Gasteiger partial charge in [0.2, 0.25) is 10.0 Å². The van der Waals surface area contributed by atoms with Crippen molar-refractivity contribution in [3.8, 4) is 11.4 Å². The third kappa shape index (κ3) is 5.44. The Bertz CT molecular complexity index is 1490. The zero-order chi connectivity index (χ0) is 25.8. The van der Waals surface area contributed by atoms with Crippen molar-refractivity contribution in [2.75, 3.05) is 25.4 Å². The molecule has 0 saturated carbocycles. The second-order valence-corrected chi connectivity index (χ2v) is 11.7. The molecule has 5 rings (SSSR count). The van der Waals surface area contributed by atoms with Gasteiger partial charge in [0.1, 0.15) is 5.75 Å². The molecule has 0 amide bonds. The molecule has 9 heteroatoms. The molecule has 0 bridgehead atoms. The molecule has 1 aliphatic heterocycles. The number of imidazole rings is 1. The molecule has 7 nitrogen and oxygen atoms in total. The fourth-order valence-corrected chi connectivity index (χ4v) is 6.93. The molecule has 0 unspecified atom stereocenters. The molecule has 1 aromatic heterocycles. The Morgan fingerprint density at radius 3 is 2.35 bits per heavy atom. The summed E-state index contributed by atoms with van der Waals surface area (Å²) in [5.74, 6) is 0.890. The van der Waals surface area contributed by atoms with Crippen molar-refractivity contribution in [3.63, 3.8) is 0 Å². The number of piperidine rings is 1. The van der Waals surface area contributed by atoms with E-state index >= 15 is 0 Å². The smallest absolute Gasteiger partial charge is 0.243 e. The van der Waals surface area contributed by atoms with E-state index in [9.17, 15) is 13.2 Å². The second kappa shape index (κ2) is 11.1. The fourth-order valence-electron chi connectivity index (χ4n) is 4.49. The van der Waals surface area contributed by atoms with Crippen LogP contribution in [-0.2, 0) is 10.0 Å². The standard InChI is InChI=1S/C28H29N3O4S2/c1-2-35-23-14-12-22(13-15-23)31-26-9-5-4-8-25(26)29-28(31)36-20-27(32)21-10-16-24(17-11-21)37(33,34)30-18-6-3-7-19-30/h4-5,8-17H,2-3,6-7,18-20H2,1H3. The van der Waals surface area contributed by atoms with Crippen LogP contribution in [0.2, 0.25) is 0 Å². The number of ketones is 1. The number of nitrogens with zero attached hydrogens (tertiary/aromatic N) is 3. The molecule has 1 fully saturated rings. The van der Waals surface area contributed by atoms with Crippen LogP contribution in [0, 0.1) is 0 Å². The normalized spacial score (nSPS) is 14.6. The van der Waals surface area contributed by atoms with Crippen LogP contribution < -0.4 is 4.74 Å². The SMILES string of the molecule is CCOc1ccc(-n2c(SCC(=O)c3ccc(S(=O)(=O)N4CCCCC4)cc3)nc3ccccc32)cc1. The minimum atomic E-state index is -3.52. The lowest BCUT2D eigenvalue weighted by Gasteiger charge is -2.25. The zero-order valence-corrected chi connectivity index (χ0v) is 22.3. The van der Waals surface area contributed by atoms with Crippen LogP contribution in [0.25, 0.3) is 16.7 Å². The molecule has 192 valence electrons. The summed E-state index contributed by atoms with van der Waals surface area (Å²) in [6, 6.07) is 22.0. The summed E-state index contributed by atoms with van der Waals surface area (Å²) in [4.78, 5) is 18.0. The number of thioether (sulfide) groups is 1. The van der Waals surface area contributed by atoms with Gasteiger partial charge in [-0.15, -0.1) is 0 Å². The van der Waals surface area contributed by atoms with Crippen LogP contribution in [0.3, 0.4) is 0 Å². The van der Waals surface area contributed by atoms with E-state index in [1.54, 1.807) is 12.1 Å². The van der Waals surface area contributed by atoms with Gasteiger partial charge in [0.15, 0.2) is 10.9 Å². The third-order valence-corrected chi connectivity index (χ3v) is 9.25. The van der Waals surface area contributed by atoms with E-state index in [0.717, 1.165) is 41.7 Å². The zero-order valence-electron chi connectivity index (χ0n) is 20.7. The number of ether oxygens (including phenoxy) is 1. The molecule has 4 aromatic rings. The van der Waals surface area contributed by atoms with Crippen LogP contribution in [0.4, 0.5) is 0 Å². The van der Waals surface area contributed by atoms with Crippen molar-refractivity contribution in [1.29, 1.82) is 0 Å². The van der Waals surface area contributed by atoms with Gasteiger partial charge in [0, 0.05) is 24.3 Å². The number of hydrogen-bond donors (Lipinski definition) is 0. The maximum atomic E-state index is 13.0. The summed E-state index contributed by atoms with van der Waals surface area (Å²) in [5, 5.41) is 0.711. The van der Waals surface area contributed by atoms with Crippen LogP contribution in [0.1, 0.15) is 36.5 Å². The number of rotatable bonds is 9. The number of aromatic nitrogens is 2. The first-order valence-corrected chi connectivity index (χ1v) is 14.9. The molecular weight excluding hydrogens is 506 g/mol. The molecule has 0 aliphatic carbocycles. The summed E-state index contributed by atoms with van der Waals surface area (Å²) in [6.45, 7) is 3.65. The summed E-state index contributed by atoms with van der Waals surface area (Å²) < 4.78 is 35.0. The Labute approximate surface area is 221 Å². The highest BCUT2D eigenvalue weighted by atomic mass is 32.2. The molecule has 2 heterocycles. The van der Waals surface area contributed by atoms with Gasteiger partial charge < -0.3 is 4.74 Å². The Balaban J connectivity index is 1.34. The number of carbonyl (C=O) groups excluding carboxylic acids is 1. The molecule has 0 N–H and O–H groups in total. The van der Waals surface area contributed by atoms with Gasteiger partial charge in [-0.1, -0.05) is 42.4 Å². The molecular formula is C28H29N3O4S2. The van der Waals surface area contributed by atoms with Crippen LogP contribution >= 0.6 is 11.8 Å². The van der Waals surface area contributed by atoms with Gasteiger partial charge >= 0.3 is 0 Å². The summed E-state index contributed by atoms with van der Waals surface area (Å²) >= 11 is 1.36. The summed E-state index contributed by atoms with van der Waals surface area (Å²) in [6.07, 6.45) is 2.83. The minimum absolute atomic E-state index is 0.0859. The molecule has 3 aromatic carbocycles. The van der Waals surface area contributed by atoms with E-state index in [0.29, 0.717) is 30.4 Å². The van der Waals surface area contributed by atoms with Crippen LogP contribution in [-0.4, -0.2) is 53.5 Å². The van der Waals surface area contributed by atoms with Gasteiger partial charge in [-0.2, -0.15) is 4.31 Å². The van der Waals surface area contributed by atoms with Crippen molar-refractivity contribution in [3.05, 3.63) is 78.4 Å². The number of sulfonamides is 1. The van der Waals surface area contributed by atoms with Crippen LogP contribution in [0.15, 0.2) is 82.8 Å². The number of benzene rings is 3. The lowest BCUT2D eigenvalue weighted by Crippen LogP contribution is -2.35. The van der Waals surface area contributed by atoms with Gasteiger partial charge in [-0.25, -0.2) is 13.4 Å². The predicted molar refractivity (Wildman–Crippen MR) is 146 cm³/mol. The van der Waals surface area contributed by atoms with Gasteiger partial charge in [-0.3, -0.25) is 9.36 Å². The second-order valence-electron chi connectivity index (χ2n) is 8.85. The number of fused-ring (bicyclic) bond motifs is 1. The van der Waals surface area contributed by atoms with Crippen molar-refractivity contribution in [2.45, 2.75) is 36.2 Å². The maximum absolute atomic E-state index is 13.0. The fraction of sp³-hybridized carbons (Fsp3) is 0.286. The van der Waals surface area contributed by atoms with Crippen molar-refractivity contribution < 1.29 is 17.9 Å². The van der Waals surface area contributed by atoms with E-state index in [1.807, 2.05) is 60.0 Å². The molecule has 1 aliphatic rings. The van der Waals surface area contributed by atoms with E-state index in [4.69, 9.17) is 9.72 Å². The predicted octanol–water partition coefficient (Wildman–Crippen LogP) is 5.57. The first kappa shape index (κ1) is 25.5. The van der Waals surface area contributed by atoms with Gasteiger partial charge in [0.05, 0.1) is 28.3 Å². The average Bonchev–Trinajstić information content (AvgIpc) is 3.31. The number of carbonyl (C=O) groups is 1. The number of Topliss-reactive ketones (excluding diaryl/α,β-unsaturated/α-hetero) is 1. The lowest BCUT2D eigenvalue weighted by atomic mass is 10.1. The first-order chi connectivity index (χ1) is 18.0. The van der Waals surface area contributed by atoms with Crippen molar-refractivity contribution in [1.82, 2.24) is 13.9 Å². The van der Waals surface area contributed by atoms with E-state index < -0.39 is 10.0 Å². The Kier molecular flexibility index (Phi) is 7.64. The van der Waals surface area contributed by atoms with Crippen molar-refractivity contribution in [2.24, 2.45) is 0 Å². The quantitative estimate of drug-likeness (QED) is 0.206. The summed E-state index contributed by atoms with van der Waals surface area (Å²) in [7, 11) is -3.52. The third-order valence-electron chi connectivity index (χ3n) is 6.40. The molecule has 0 atom stereocenters. The highest BCUT2D eigenvalue weighted by Crippen LogP contribution is 2.30. The van der Waals surface area contributed by atoms with Crippen molar-refractivity contribution >= 4 is 38.6 Å².